The number of hydrogen-bond acceptors (Lipinski definition) is 2. The second-order valence-corrected chi connectivity index (χ2v) is 4.40. The summed E-state index contributed by atoms with van der Waals surface area (Å²) in [5, 5.41) is 3.39. The van der Waals surface area contributed by atoms with Crippen LogP contribution in [0, 0.1) is 5.92 Å². The average Bonchev–Trinajstić information content (AvgIpc) is 2.08. The molecular formula is C11H24N2O. The maximum Gasteiger partial charge on any atom is 0.217 e. The number of carbonyl (C=O) groups excluding carboxylic acids is 1. The van der Waals surface area contributed by atoms with Crippen molar-refractivity contribution >= 4 is 5.91 Å². The summed E-state index contributed by atoms with van der Waals surface area (Å²) >= 11 is 0. The van der Waals surface area contributed by atoms with E-state index >= 15 is 0 Å². The van der Waals surface area contributed by atoms with Crippen molar-refractivity contribution in [1.82, 2.24) is 5.32 Å². The zero-order chi connectivity index (χ0) is 11.0. The quantitative estimate of drug-likeness (QED) is 0.586. The maximum atomic E-state index is 10.5. The van der Waals surface area contributed by atoms with Gasteiger partial charge >= 0.3 is 0 Å². The van der Waals surface area contributed by atoms with E-state index in [1.165, 1.54) is 12.8 Å². The van der Waals surface area contributed by atoms with Crippen LogP contribution in [0.5, 0.6) is 0 Å². The first kappa shape index (κ1) is 13.4. The van der Waals surface area contributed by atoms with E-state index in [4.69, 9.17) is 5.73 Å². The Labute approximate surface area is 87.4 Å². The van der Waals surface area contributed by atoms with Gasteiger partial charge in [-0.1, -0.05) is 13.8 Å². The molecule has 1 unspecified atom stereocenters. The van der Waals surface area contributed by atoms with Crippen LogP contribution in [0.3, 0.4) is 0 Å². The fraction of sp³-hybridized carbons (Fsp3) is 0.909. The largest absolute Gasteiger partial charge is 0.370 e. The van der Waals surface area contributed by atoms with Crippen molar-refractivity contribution in [1.29, 1.82) is 0 Å². The van der Waals surface area contributed by atoms with Gasteiger partial charge in [0.2, 0.25) is 5.91 Å². The highest BCUT2D eigenvalue weighted by atomic mass is 16.1. The van der Waals surface area contributed by atoms with Crippen LogP contribution in [-0.4, -0.2) is 18.5 Å². The number of carbonyl (C=O) groups is 1. The summed E-state index contributed by atoms with van der Waals surface area (Å²) in [6.07, 6.45) is 3.80. The Kier molecular flexibility index (Phi) is 7.48. The Balaban J connectivity index is 3.26. The van der Waals surface area contributed by atoms with Gasteiger partial charge in [0.05, 0.1) is 0 Å². The summed E-state index contributed by atoms with van der Waals surface area (Å²) in [5.41, 5.74) is 5.04. The molecule has 0 saturated heterocycles. The SMILES string of the molecule is CC(C)CCC(C)NCCCC(N)=O. The van der Waals surface area contributed by atoms with Gasteiger partial charge in [0.15, 0.2) is 0 Å². The van der Waals surface area contributed by atoms with Gasteiger partial charge in [0.1, 0.15) is 0 Å². The predicted molar refractivity (Wildman–Crippen MR) is 60.0 cm³/mol. The van der Waals surface area contributed by atoms with Crippen molar-refractivity contribution in [2.45, 2.75) is 52.5 Å². The Morgan fingerprint density at radius 2 is 1.93 bits per heavy atom. The standard InChI is InChI=1S/C11H24N2O/c1-9(2)6-7-10(3)13-8-4-5-11(12)14/h9-10,13H,4-8H2,1-3H3,(H2,12,14). The van der Waals surface area contributed by atoms with Crippen LogP contribution >= 0.6 is 0 Å². The molecule has 0 bridgehead atoms. The highest BCUT2D eigenvalue weighted by Crippen LogP contribution is 2.06. The number of hydrogen-bond donors (Lipinski definition) is 2. The van der Waals surface area contributed by atoms with Crippen LogP contribution in [0.4, 0.5) is 0 Å². The molecule has 0 aromatic heterocycles. The van der Waals surface area contributed by atoms with Crippen molar-refractivity contribution < 1.29 is 4.79 Å². The van der Waals surface area contributed by atoms with Crippen molar-refractivity contribution in [3.8, 4) is 0 Å². The molecule has 3 nitrogen and oxygen atoms in total. The van der Waals surface area contributed by atoms with Crippen LogP contribution in [0.2, 0.25) is 0 Å². The van der Waals surface area contributed by atoms with Gasteiger partial charge in [0.25, 0.3) is 0 Å². The molecule has 0 aromatic rings. The van der Waals surface area contributed by atoms with E-state index < -0.39 is 0 Å². The Hall–Kier alpha value is -0.570. The summed E-state index contributed by atoms with van der Waals surface area (Å²) < 4.78 is 0. The molecule has 0 aromatic carbocycles. The van der Waals surface area contributed by atoms with Gasteiger partial charge in [-0.05, 0) is 38.6 Å². The van der Waals surface area contributed by atoms with Crippen LogP contribution in [0.15, 0.2) is 0 Å². The second kappa shape index (κ2) is 7.80. The average molecular weight is 200 g/mol. The number of rotatable bonds is 8. The molecule has 0 rings (SSSR count). The highest BCUT2D eigenvalue weighted by Gasteiger charge is 2.02. The lowest BCUT2D eigenvalue weighted by Gasteiger charge is -2.14. The zero-order valence-electron chi connectivity index (χ0n) is 9.68. The molecule has 14 heavy (non-hydrogen) atoms. The van der Waals surface area contributed by atoms with Gasteiger partial charge in [-0.3, -0.25) is 4.79 Å². The van der Waals surface area contributed by atoms with E-state index in [9.17, 15) is 4.79 Å². The summed E-state index contributed by atoms with van der Waals surface area (Å²) in [7, 11) is 0. The van der Waals surface area contributed by atoms with Crippen LogP contribution in [-0.2, 0) is 4.79 Å². The molecule has 0 aliphatic rings. The summed E-state index contributed by atoms with van der Waals surface area (Å²) in [5.74, 6) is 0.562. The van der Waals surface area contributed by atoms with E-state index in [1.807, 2.05) is 0 Å². The molecule has 3 N–H and O–H groups in total. The third-order valence-electron chi connectivity index (χ3n) is 2.27. The Morgan fingerprint density at radius 3 is 2.43 bits per heavy atom. The topological polar surface area (TPSA) is 55.1 Å². The van der Waals surface area contributed by atoms with Gasteiger partial charge < -0.3 is 11.1 Å². The van der Waals surface area contributed by atoms with E-state index in [-0.39, 0.29) is 5.91 Å². The molecule has 0 aliphatic heterocycles. The fourth-order valence-electron chi connectivity index (χ4n) is 1.30. The fourth-order valence-corrected chi connectivity index (χ4v) is 1.30. The van der Waals surface area contributed by atoms with Crippen LogP contribution < -0.4 is 11.1 Å². The Bertz CT molecular complexity index is 157. The molecule has 84 valence electrons. The maximum absolute atomic E-state index is 10.5. The molecule has 0 saturated carbocycles. The second-order valence-electron chi connectivity index (χ2n) is 4.40. The molecular weight excluding hydrogens is 176 g/mol. The first-order valence-corrected chi connectivity index (χ1v) is 5.54. The van der Waals surface area contributed by atoms with Crippen molar-refractivity contribution in [3.05, 3.63) is 0 Å². The highest BCUT2D eigenvalue weighted by molar-refractivity contribution is 5.73. The minimum Gasteiger partial charge on any atom is -0.370 e. The molecule has 0 heterocycles. The lowest BCUT2D eigenvalue weighted by Crippen LogP contribution is -2.28. The number of amides is 1. The number of nitrogens with one attached hydrogen (secondary N) is 1. The van der Waals surface area contributed by atoms with Crippen LogP contribution in [0.25, 0.3) is 0 Å². The van der Waals surface area contributed by atoms with Gasteiger partial charge in [-0.2, -0.15) is 0 Å². The molecule has 0 fully saturated rings. The molecule has 0 spiro atoms. The Morgan fingerprint density at radius 1 is 1.29 bits per heavy atom. The minimum atomic E-state index is -0.207. The molecule has 1 atom stereocenters. The lowest BCUT2D eigenvalue weighted by molar-refractivity contribution is -0.118. The number of primary amides is 1. The summed E-state index contributed by atoms with van der Waals surface area (Å²) in [6.45, 7) is 7.55. The first-order valence-electron chi connectivity index (χ1n) is 5.54. The minimum absolute atomic E-state index is 0.207. The monoisotopic (exact) mass is 200 g/mol. The number of nitrogens with two attached hydrogens (primary N) is 1. The third kappa shape index (κ3) is 9.52. The van der Waals surface area contributed by atoms with Gasteiger partial charge in [0, 0.05) is 12.5 Å². The normalized spacial score (nSPS) is 13.1. The van der Waals surface area contributed by atoms with E-state index in [0.717, 1.165) is 18.9 Å². The molecule has 0 aliphatic carbocycles. The van der Waals surface area contributed by atoms with Crippen molar-refractivity contribution in [2.24, 2.45) is 11.7 Å². The van der Waals surface area contributed by atoms with Gasteiger partial charge in [-0.15, -0.1) is 0 Å². The summed E-state index contributed by atoms with van der Waals surface area (Å²) in [6, 6.07) is 0.547. The van der Waals surface area contributed by atoms with Gasteiger partial charge in [-0.25, -0.2) is 0 Å². The molecule has 0 radical (unpaired) electrons. The predicted octanol–water partition coefficient (Wildman–Crippen LogP) is 1.67. The van der Waals surface area contributed by atoms with E-state index in [1.54, 1.807) is 0 Å². The smallest absolute Gasteiger partial charge is 0.217 e. The molecule has 1 amide bonds. The third-order valence-corrected chi connectivity index (χ3v) is 2.27. The van der Waals surface area contributed by atoms with Crippen LogP contribution in [0.1, 0.15) is 46.5 Å². The lowest BCUT2D eigenvalue weighted by atomic mass is 10.0. The molecule has 3 heteroatoms. The van der Waals surface area contributed by atoms with E-state index in [0.29, 0.717) is 12.5 Å². The summed E-state index contributed by atoms with van der Waals surface area (Å²) in [4.78, 5) is 10.5. The first-order chi connectivity index (χ1) is 6.52. The van der Waals surface area contributed by atoms with Crippen molar-refractivity contribution in [2.75, 3.05) is 6.54 Å². The van der Waals surface area contributed by atoms with Crippen molar-refractivity contribution in [3.63, 3.8) is 0 Å². The zero-order valence-corrected chi connectivity index (χ0v) is 9.68. The van der Waals surface area contributed by atoms with E-state index in [2.05, 4.69) is 26.1 Å².